The van der Waals surface area contributed by atoms with Gasteiger partial charge in [-0.1, -0.05) is 24.6 Å². The number of fused-ring (bicyclic) bond motifs is 1. The van der Waals surface area contributed by atoms with Crippen LogP contribution in [0.1, 0.15) is 34.5 Å². The topological polar surface area (TPSA) is 60.8 Å². The molecule has 0 bridgehead atoms. The average Bonchev–Trinajstić information content (AvgIpc) is 2.76. The van der Waals surface area contributed by atoms with E-state index in [-0.39, 0.29) is 6.61 Å². The normalized spacial score (nSPS) is 15.5. The second-order valence-corrected chi connectivity index (χ2v) is 6.54. The maximum atomic E-state index is 11.5. The lowest BCUT2D eigenvalue weighted by molar-refractivity contribution is 0.0694. The minimum Gasteiger partial charge on any atom is -0.477 e. The van der Waals surface area contributed by atoms with E-state index in [1.54, 1.807) is 0 Å². The number of carboxylic acids is 1. The first-order chi connectivity index (χ1) is 10.2. The van der Waals surface area contributed by atoms with Crippen molar-refractivity contribution in [2.45, 2.75) is 31.8 Å². The molecule has 1 aromatic carbocycles. The Morgan fingerprint density at radius 1 is 1.33 bits per heavy atom. The highest BCUT2D eigenvalue weighted by molar-refractivity contribution is 7.21. The molecule has 3 rings (SSSR count). The number of thiophene rings is 1. The van der Waals surface area contributed by atoms with E-state index in [0.29, 0.717) is 24.0 Å². The van der Waals surface area contributed by atoms with E-state index < -0.39 is 5.97 Å². The van der Waals surface area contributed by atoms with Crippen LogP contribution in [0.3, 0.4) is 0 Å². The number of rotatable bonds is 6. The van der Waals surface area contributed by atoms with Crippen LogP contribution < -0.4 is 0 Å². The zero-order valence-corrected chi connectivity index (χ0v) is 12.6. The van der Waals surface area contributed by atoms with Crippen LogP contribution >= 0.6 is 11.3 Å². The molecule has 0 unspecified atom stereocenters. The summed E-state index contributed by atoms with van der Waals surface area (Å²) in [5.74, 6) is -0.858. The van der Waals surface area contributed by atoms with Crippen molar-refractivity contribution >= 4 is 27.4 Å². The van der Waals surface area contributed by atoms with Crippen LogP contribution in [-0.2, 0) is 6.54 Å². The number of hydrogen-bond acceptors (Lipinski definition) is 4. The summed E-state index contributed by atoms with van der Waals surface area (Å²) in [6.45, 7) is 1.33. The van der Waals surface area contributed by atoms with Crippen LogP contribution in [0.25, 0.3) is 10.1 Å². The van der Waals surface area contributed by atoms with Gasteiger partial charge < -0.3 is 10.2 Å². The Labute approximate surface area is 127 Å². The molecule has 1 saturated carbocycles. The molecule has 0 saturated heterocycles. The number of nitrogens with zero attached hydrogens (tertiary/aromatic N) is 1. The summed E-state index contributed by atoms with van der Waals surface area (Å²) in [4.78, 5) is 14.2. The summed E-state index contributed by atoms with van der Waals surface area (Å²) in [7, 11) is 0. The predicted octanol–water partition coefficient (Wildman–Crippen LogP) is 2.95. The summed E-state index contributed by atoms with van der Waals surface area (Å²) >= 11 is 1.34. The molecule has 2 N–H and O–H groups in total. The molecule has 1 heterocycles. The lowest BCUT2D eigenvalue weighted by atomic mass is 9.91. The van der Waals surface area contributed by atoms with Gasteiger partial charge in [0.25, 0.3) is 0 Å². The molecule has 0 spiro atoms. The van der Waals surface area contributed by atoms with Gasteiger partial charge in [0.1, 0.15) is 4.88 Å². The Morgan fingerprint density at radius 3 is 2.71 bits per heavy atom. The Balaban J connectivity index is 1.97. The van der Waals surface area contributed by atoms with Crippen LogP contribution in [0.4, 0.5) is 0 Å². The van der Waals surface area contributed by atoms with Gasteiger partial charge in [0.05, 0.1) is 6.61 Å². The molecule has 21 heavy (non-hydrogen) atoms. The summed E-state index contributed by atoms with van der Waals surface area (Å²) in [5, 5.41) is 19.8. The van der Waals surface area contributed by atoms with Crippen LogP contribution in [0.5, 0.6) is 0 Å². The molecular formula is C16H19NO3S. The summed E-state index contributed by atoms with van der Waals surface area (Å²) < 4.78 is 1.02. The van der Waals surface area contributed by atoms with Gasteiger partial charge in [-0.2, -0.15) is 0 Å². The fraction of sp³-hybridized carbons (Fsp3) is 0.438. The number of aliphatic hydroxyl groups is 1. The van der Waals surface area contributed by atoms with Crippen molar-refractivity contribution in [3.63, 3.8) is 0 Å². The molecule has 1 aromatic heterocycles. The number of carboxylic acid groups (broad SMARTS) is 1. The number of carbonyl (C=O) groups is 1. The first-order valence-corrected chi connectivity index (χ1v) is 8.11. The fourth-order valence-electron chi connectivity index (χ4n) is 2.90. The maximum absolute atomic E-state index is 11.5. The molecule has 4 nitrogen and oxygen atoms in total. The van der Waals surface area contributed by atoms with Gasteiger partial charge in [-0.3, -0.25) is 4.90 Å². The molecule has 1 aliphatic rings. The third-order valence-electron chi connectivity index (χ3n) is 4.23. The fourth-order valence-corrected chi connectivity index (χ4v) is 3.96. The summed E-state index contributed by atoms with van der Waals surface area (Å²) in [6.07, 6.45) is 3.51. The van der Waals surface area contributed by atoms with Crippen LogP contribution in [-0.4, -0.2) is 40.3 Å². The summed E-state index contributed by atoms with van der Waals surface area (Å²) in [6, 6.07) is 8.33. The van der Waals surface area contributed by atoms with E-state index in [1.165, 1.54) is 17.8 Å². The number of hydrogen-bond donors (Lipinski definition) is 2. The van der Waals surface area contributed by atoms with Crippen LogP contribution in [0, 0.1) is 0 Å². The van der Waals surface area contributed by atoms with Crippen LogP contribution in [0.15, 0.2) is 24.3 Å². The smallest absolute Gasteiger partial charge is 0.346 e. The molecule has 112 valence electrons. The van der Waals surface area contributed by atoms with Crippen molar-refractivity contribution in [1.82, 2.24) is 4.90 Å². The molecular weight excluding hydrogens is 286 g/mol. The Morgan fingerprint density at radius 2 is 2.10 bits per heavy atom. The Kier molecular flexibility index (Phi) is 4.24. The Hall–Kier alpha value is -1.43. The van der Waals surface area contributed by atoms with Gasteiger partial charge in [-0.15, -0.1) is 11.3 Å². The second-order valence-electron chi connectivity index (χ2n) is 5.49. The highest BCUT2D eigenvalue weighted by Crippen LogP contribution is 2.34. The van der Waals surface area contributed by atoms with Gasteiger partial charge in [-0.05, 0) is 29.9 Å². The molecule has 0 radical (unpaired) electrons. The van der Waals surface area contributed by atoms with Gasteiger partial charge in [0.15, 0.2) is 0 Å². The van der Waals surface area contributed by atoms with Crippen molar-refractivity contribution in [1.29, 1.82) is 0 Å². The van der Waals surface area contributed by atoms with E-state index in [1.807, 2.05) is 24.3 Å². The number of benzene rings is 1. The third-order valence-corrected chi connectivity index (χ3v) is 5.43. The van der Waals surface area contributed by atoms with E-state index in [2.05, 4.69) is 4.90 Å². The molecule has 0 aliphatic heterocycles. The third kappa shape index (κ3) is 2.81. The highest BCUT2D eigenvalue weighted by atomic mass is 32.1. The minimum atomic E-state index is -0.858. The predicted molar refractivity (Wildman–Crippen MR) is 83.9 cm³/mol. The molecule has 1 fully saturated rings. The van der Waals surface area contributed by atoms with Crippen molar-refractivity contribution in [2.75, 3.05) is 13.2 Å². The van der Waals surface area contributed by atoms with E-state index >= 15 is 0 Å². The SMILES string of the molecule is O=C(O)c1sc2ccccc2c1CN(CCO)C1CCC1. The quantitative estimate of drug-likeness (QED) is 0.861. The number of aliphatic hydroxyl groups excluding tert-OH is 1. The number of aromatic carboxylic acids is 1. The molecule has 1 aliphatic carbocycles. The average molecular weight is 305 g/mol. The van der Waals surface area contributed by atoms with Gasteiger partial charge in [-0.25, -0.2) is 4.79 Å². The van der Waals surface area contributed by atoms with Crippen molar-refractivity contribution in [3.8, 4) is 0 Å². The van der Waals surface area contributed by atoms with Crippen molar-refractivity contribution < 1.29 is 15.0 Å². The van der Waals surface area contributed by atoms with Crippen molar-refractivity contribution in [3.05, 3.63) is 34.7 Å². The molecule has 5 heteroatoms. The van der Waals surface area contributed by atoms with Crippen molar-refractivity contribution in [2.24, 2.45) is 0 Å². The molecule has 2 aromatic rings. The van der Waals surface area contributed by atoms with E-state index in [9.17, 15) is 15.0 Å². The standard InChI is InChI=1S/C16H19NO3S/c18-9-8-17(11-4-3-5-11)10-13-12-6-1-2-7-14(12)21-15(13)16(19)20/h1-2,6-7,11,18H,3-5,8-10H2,(H,19,20). The van der Waals surface area contributed by atoms with Crippen LogP contribution in [0.2, 0.25) is 0 Å². The Bertz CT molecular complexity index is 648. The zero-order chi connectivity index (χ0) is 14.8. The van der Waals surface area contributed by atoms with E-state index in [0.717, 1.165) is 28.5 Å². The first kappa shape index (κ1) is 14.5. The zero-order valence-electron chi connectivity index (χ0n) is 11.8. The largest absolute Gasteiger partial charge is 0.477 e. The lowest BCUT2D eigenvalue weighted by Gasteiger charge is -2.37. The monoisotopic (exact) mass is 305 g/mol. The van der Waals surface area contributed by atoms with Gasteiger partial charge in [0.2, 0.25) is 0 Å². The molecule has 0 amide bonds. The van der Waals surface area contributed by atoms with Gasteiger partial charge >= 0.3 is 5.97 Å². The molecule has 0 atom stereocenters. The van der Waals surface area contributed by atoms with E-state index in [4.69, 9.17) is 0 Å². The second kappa shape index (κ2) is 6.13. The van der Waals surface area contributed by atoms with Gasteiger partial charge in [0, 0.05) is 23.8 Å². The lowest BCUT2D eigenvalue weighted by Crippen LogP contribution is -2.41. The first-order valence-electron chi connectivity index (χ1n) is 7.29. The summed E-state index contributed by atoms with van der Waals surface area (Å²) in [5.41, 5.74) is 0.892. The highest BCUT2D eigenvalue weighted by Gasteiger charge is 2.27. The maximum Gasteiger partial charge on any atom is 0.346 e. The minimum absolute atomic E-state index is 0.112.